The minimum Gasteiger partial charge on any atom is -0.507 e. The van der Waals surface area contributed by atoms with Crippen LogP contribution < -0.4 is 0 Å². The smallest absolute Gasteiger partial charge is 0.149 e. The molecule has 0 bridgehead atoms. The Kier molecular flexibility index (Phi) is 10.7. The molecule has 348 valence electrons. The van der Waals surface area contributed by atoms with Gasteiger partial charge in [-0.2, -0.15) is 0 Å². The van der Waals surface area contributed by atoms with E-state index in [1.165, 1.54) is 5.56 Å². The number of aromatic hydroxyl groups is 1. The summed E-state index contributed by atoms with van der Waals surface area (Å²) in [6, 6.07) is 46.4. The lowest BCUT2D eigenvalue weighted by molar-refractivity contribution is 0.446. The number of phenols is 1. The Morgan fingerprint density at radius 3 is 1.67 bits per heavy atom. The third kappa shape index (κ3) is 9.30. The Balaban J connectivity index is 1.40. The zero-order valence-corrected chi connectivity index (χ0v) is 42.6. The summed E-state index contributed by atoms with van der Waals surface area (Å²) in [5.41, 5.74) is 15.1. The molecule has 0 aliphatic heterocycles. The van der Waals surface area contributed by atoms with Crippen molar-refractivity contribution in [2.75, 3.05) is 0 Å². The largest absolute Gasteiger partial charge is 0.507 e. The number of aromatic nitrogens is 3. The van der Waals surface area contributed by atoms with Crippen LogP contribution in [0.3, 0.4) is 0 Å². The normalized spacial score (nSPS) is 13.3. The highest BCUT2D eigenvalue weighted by Gasteiger charge is 2.31. The first-order valence-electron chi connectivity index (χ1n) is 26.1. The van der Waals surface area contributed by atoms with Gasteiger partial charge in [-0.05, 0) is 127 Å². The van der Waals surface area contributed by atoms with E-state index in [2.05, 4.69) is 209 Å². The van der Waals surface area contributed by atoms with Crippen molar-refractivity contribution in [1.29, 1.82) is 0 Å². The van der Waals surface area contributed by atoms with Crippen molar-refractivity contribution in [2.24, 2.45) is 0 Å². The third-order valence-electron chi connectivity index (χ3n) is 13.3. The van der Waals surface area contributed by atoms with Gasteiger partial charge in [-0.3, -0.25) is 9.55 Å². The van der Waals surface area contributed by atoms with E-state index in [0.717, 1.165) is 72.4 Å². The maximum absolute atomic E-state index is 12.8. The van der Waals surface area contributed by atoms with Crippen molar-refractivity contribution in [2.45, 2.75) is 112 Å². The van der Waals surface area contributed by atoms with Gasteiger partial charge in [0.1, 0.15) is 11.6 Å². The lowest BCUT2D eigenvalue weighted by Crippen LogP contribution is -2.17. The molecule has 1 N–H and O–H groups in total. The number of fused-ring (bicyclic) bond motifs is 1. The first kappa shape index (κ1) is 42.1. The molecule has 9 aromatic rings. The predicted octanol–water partition coefficient (Wildman–Crippen LogP) is 17.6. The Morgan fingerprint density at radius 2 is 1.06 bits per heavy atom. The van der Waals surface area contributed by atoms with Crippen LogP contribution in [0.25, 0.3) is 83.9 Å². The molecule has 0 spiro atoms. The maximum Gasteiger partial charge on any atom is 0.149 e. The summed E-state index contributed by atoms with van der Waals surface area (Å²) in [6.45, 7) is 28.1. The number of pyridine rings is 1. The van der Waals surface area contributed by atoms with Gasteiger partial charge in [0.2, 0.25) is 0 Å². The molecule has 0 aliphatic rings. The fraction of sp³-hybridized carbons (Fsp3) is 0.262. The molecule has 0 saturated carbocycles. The lowest BCUT2D eigenvalue weighted by atomic mass is 9.78. The van der Waals surface area contributed by atoms with E-state index in [4.69, 9.17) is 15.5 Å². The molecule has 2 heterocycles. The van der Waals surface area contributed by atoms with Crippen LogP contribution >= 0.6 is 0 Å². The number of para-hydroxylation sites is 1. The average Bonchev–Trinajstić information content (AvgIpc) is 3.73. The molecule has 0 aliphatic carbocycles. The minimum absolute atomic E-state index is 0.0521. The van der Waals surface area contributed by atoms with Crippen molar-refractivity contribution < 1.29 is 10.6 Å². The average molecular weight is 910 g/mol. The number of hydrogen-bond donors (Lipinski definition) is 1. The summed E-state index contributed by atoms with van der Waals surface area (Å²) < 4.78 is 37.2. The van der Waals surface area contributed by atoms with E-state index >= 15 is 0 Å². The first-order valence-corrected chi connectivity index (χ1v) is 24.1. The second kappa shape index (κ2) is 17.5. The van der Waals surface area contributed by atoms with Gasteiger partial charge in [0.25, 0.3) is 0 Å². The van der Waals surface area contributed by atoms with Crippen LogP contribution in [-0.4, -0.2) is 19.6 Å². The van der Waals surface area contributed by atoms with Crippen molar-refractivity contribution in [1.82, 2.24) is 14.5 Å². The number of hydrogen-bond acceptors (Lipinski definition) is 3. The van der Waals surface area contributed by atoms with Crippen LogP contribution in [0, 0.1) is 6.92 Å². The molecular formula is C65H67N3O. The molecule has 0 unspecified atom stereocenters. The second-order valence-corrected chi connectivity index (χ2v) is 22.7. The number of phenolic OH excluding ortho intramolecular Hbond substituents is 1. The van der Waals surface area contributed by atoms with Gasteiger partial charge >= 0.3 is 0 Å². The minimum atomic E-state index is -0.391. The van der Waals surface area contributed by atoms with Crippen LogP contribution in [0.5, 0.6) is 5.75 Å². The molecule has 0 atom stereocenters. The Hall–Kier alpha value is -7.04. The fourth-order valence-electron chi connectivity index (χ4n) is 9.29. The quantitative estimate of drug-likeness (QED) is 0.173. The molecule has 7 aromatic carbocycles. The first-order chi connectivity index (χ1) is 34.2. The van der Waals surface area contributed by atoms with Gasteiger partial charge in [-0.25, -0.2) is 4.98 Å². The number of benzene rings is 7. The van der Waals surface area contributed by atoms with Crippen molar-refractivity contribution in [3.63, 3.8) is 0 Å². The van der Waals surface area contributed by atoms with Crippen LogP contribution in [0.1, 0.15) is 116 Å². The summed E-state index contributed by atoms with van der Waals surface area (Å²) in [7, 11) is 0. The Morgan fingerprint density at radius 1 is 0.464 bits per heavy atom. The number of nitrogens with zero attached hydrogens (tertiary/aromatic N) is 3. The summed E-state index contributed by atoms with van der Waals surface area (Å²) in [5, 5.41) is 12.8. The Bertz CT molecular complexity index is 3570. The van der Waals surface area contributed by atoms with Crippen LogP contribution in [0.15, 0.2) is 164 Å². The van der Waals surface area contributed by atoms with E-state index in [1.54, 1.807) is 19.2 Å². The van der Waals surface area contributed by atoms with Crippen molar-refractivity contribution in [3.8, 4) is 78.6 Å². The topological polar surface area (TPSA) is 50.9 Å². The summed E-state index contributed by atoms with van der Waals surface area (Å²) in [4.78, 5) is 10.6. The SMILES string of the molecule is [2H]c1c([2H])c(-c2ccnc(-c3cc(-c4cccc5c4nc(-c4cc(C(C)(C)C)cc(C(C)(C)C)c4O)n5-c4cc(-c5ccccc5)c(C(C)(C)C)cc4-c4ccccc4)cc(C(C)(C)C)c3)c2)c([2H])c([2H])c1C. The highest BCUT2D eigenvalue weighted by atomic mass is 16.3. The summed E-state index contributed by atoms with van der Waals surface area (Å²) >= 11 is 0. The number of rotatable bonds is 7. The van der Waals surface area contributed by atoms with Gasteiger partial charge in [-0.15, -0.1) is 0 Å². The summed E-state index contributed by atoms with van der Waals surface area (Å²) in [5.74, 6) is 0.823. The second-order valence-electron chi connectivity index (χ2n) is 22.7. The molecule has 69 heavy (non-hydrogen) atoms. The monoisotopic (exact) mass is 910 g/mol. The van der Waals surface area contributed by atoms with E-state index in [9.17, 15) is 5.11 Å². The molecule has 0 radical (unpaired) electrons. The van der Waals surface area contributed by atoms with Crippen LogP contribution in [0.4, 0.5) is 0 Å². The van der Waals surface area contributed by atoms with Crippen LogP contribution in [-0.2, 0) is 21.7 Å². The zero-order chi connectivity index (χ0) is 52.7. The maximum atomic E-state index is 12.8. The molecule has 4 heteroatoms. The van der Waals surface area contributed by atoms with E-state index in [0.29, 0.717) is 28.2 Å². The van der Waals surface area contributed by atoms with Gasteiger partial charge in [0.15, 0.2) is 0 Å². The predicted molar refractivity (Wildman–Crippen MR) is 293 cm³/mol. The van der Waals surface area contributed by atoms with E-state index in [1.807, 2.05) is 6.07 Å². The standard InChI is InChI=1S/C65H67N3O/c1-41-27-29-42(30-28-41)45-31-32-66-56(36-45)47-33-46(34-48(35-47)62(2,3)4)50-25-20-26-57-59(50)67-61(53-37-49(63(5,6)7)38-55(60(53)69)65(11,12)13)68(57)58-40-51(43-21-16-14-17-22-43)54(64(8,9)10)39-52(58)44-23-18-15-19-24-44/h14-40,69H,1-13H3/i27D,28D,29D,30D. The molecule has 0 amide bonds. The van der Waals surface area contributed by atoms with E-state index in [-0.39, 0.29) is 51.7 Å². The summed E-state index contributed by atoms with van der Waals surface area (Å²) in [6.07, 6.45) is 1.68. The molecule has 9 rings (SSSR count). The lowest BCUT2D eigenvalue weighted by Gasteiger charge is -2.28. The fourth-order valence-corrected chi connectivity index (χ4v) is 9.29. The van der Waals surface area contributed by atoms with Crippen molar-refractivity contribution >= 4 is 11.0 Å². The van der Waals surface area contributed by atoms with Gasteiger partial charge < -0.3 is 5.11 Å². The number of imidazole rings is 1. The third-order valence-corrected chi connectivity index (χ3v) is 13.3. The molecule has 0 saturated heterocycles. The van der Waals surface area contributed by atoms with Crippen LogP contribution in [0.2, 0.25) is 0 Å². The highest BCUT2D eigenvalue weighted by molar-refractivity contribution is 5.98. The molecule has 2 aromatic heterocycles. The molecular weight excluding hydrogens is 839 g/mol. The van der Waals surface area contributed by atoms with Gasteiger partial charge in [0, 0.05) is 28.5 Å². The van der Waals surface area contributed by atoms with Crippen molar-refractivity contribution in [3.05, 3.63) is 192 Å². The van der Waals surface area contributed by atoms with E-state index < -0.39 is 5.41 Å². The molecule has 0 fully saturated rings. The molecule has 4 nitrogen and oxygen atoms in total. The highest BCUT2D eigenvalue weighted by Crippen LogP contribution is 2.48. The van der Waals surface area contributed by atoms with Gasteiger partial charge in [0.05, 0.1) is 33.5 Å². The van der Waals surface area contributed by atoms with Gasteiger partial charge in [-0.1, -0.05) is 198 Å². The zero-order valence-electron chi connectivity index (χ0n) is 46.6. The Labute approximate surface area is 416 Å².